The molecule has 0 aromatic heterocycles. The van der Waals surface area contributed by atoms with E-state index in [0.29, 0.717) is 16.3 Å². The van der Waals surface area contributed by atoms with Gasteiger partial charge in [0.25, 0.3) is 0 Å². The number of halogens is 1. The number of phenolic OH excluding ortho intramolecular Hbond substituents is 1. The van der Waals surface area contributed by atoms with Gasteiger partial charge in [0.1, 0.15) is 5.75 Å². The van der Waals surface area contributed by atoms with E-state index in [2.05, 4.69) is 5.32 Å². The van der Waals surface area contributed by atoms with Gasteiger partial charge in [0.2, 0.25) is 5.91 Å². The average Bonchev–Trinajstić information content (AvgIpc) is 2.45. The van der Waals surface area contributed by atoms with Crippen molar-refractivity contribution in [2.75, 3.05) is 5.32 Å². The molecule has 0 fully saturated rings. The highest BCUT2D eigenvalue weighted by Gasteiger charge is 2.09. The first kappa shape index (κ1) is 15.1. The summed E-state index contributed by atoms with van der Waals surface area (Å²) in [7, 11) is 0. The van der Waals surface area contributed by atoms with Crippen molar-refractivity contribution in [1.82, 2.24) is 0 Å². The van der Waals surface area contributed by atoms with Crippen LogP contribution in [0, 0.1) is 0 Å². The minimum Gasteiger partial charge on any atom is -0.508 e. The summed E-state index contributed by atoms with van der Waals surface area (Å²) < 4.78 is 0. The van der Waals surface area contributed by atoms with Crippen LogP contribution in [0.4, 0.5) is 5.69 Å². The topological polar surface area (TPSA) is 66.4 Å². The molecule has 0 aliphatic carbocycles. The summed E-state index contributed by atoms with van der Waals surface area (Å²) in [5.41, 5.74) is 1.03. The molecule has 0 radical (unpaired) electrons. The first-order valence-corrected chi connectivity index (χ1v) is 6.80. The van der Waals surface area contributed by atoms with Crippen LogP contribution in [0.3, 0.4) is 0 Å². The zero-order valence-electron chi connectivity index (χ0n) is 11.2. The molecule has 21 heavy (non-hydrogen) atoms. The van der Waals surface area contributed by atoms with E-state index in [1.165, 1.54) is 12.1 Å². The molecule has 0 saturated heterocycles. The Labute approximate surface area is 127 Å². The van der Waals surface area contributed by atoms with Gasteiger partial charge in [-0.2, -0.15) is 0 Å². The van der Waals surface area contributed by atoms with E-state index in [4.69, 9.17) is 11.6 Å². The van der Waals surface area contributed by atoms with Crippen LogP contribution in [-0.4, -0.2) is 16.8 Å². The zero-order chi connectivity index (χ0) is 15.2. The molecule has 0 saturated carbocycles. The Kier molecular flexibility index (Phi) is 4.95. The zero-order valence-corrected chi connectivity index (χ0v) is 11.9. The fraction of sp³-hybridized carbons (Fsp3) is 0.125. The molecule has 2 aromatic rings. The molecular weight excluding hydrogens is 290 g/mol. The highest BCUT2D eigenvalue weighted by Crippen LogP contribution is 2.16. The largest absolute Gasteiger partial charge is 0.508 e. The van der Waals surface area contributed by atoms with Crippen LogP contribution >= 0.6 is 11.6 Å². The Morgan fingerprint density at radius 3 is 2.43 bits per heavy atom. The van der Waals surface area contributed by atoms with Gasteiger partial charge < -0.3 is 10.4 Å². The smallest absolute Gasteiger partial charge is 0.224 e. The number of aromatic hydroxyl groups is 1. The van der Waals surface area contributed by atoms with Crippen LogP contribution in [0.5, 0.6) is 5.75 Å². The number of ketones is 1. The van der Waals surface area contributed by atoms with Crippen molar-refractivity contribution >= 4 is 29.0 Å². The van der Waals surface area contributed by atoms with Crippen LogP contribution in [0.2, 0.25) is 5.02 Å². The minimum atomic E-state index is -0.275. The molecule has 5 heteroatoms. The summed E-state index contributed by atoms with van der Waals surface area (Å²) in [6, 6.07) is 12.8. The highest BCUT2D eigenvalue weighted by atomic mass is 35.5. The summed E-state index contributed by atoms with van der Waals surface area (Å²) in [5.74, 6) is -0.314. The summed E-state index contributed by atoms with van der Waals surface area (Å²) in [6.07, 6.45) is 0.198. The lowest BCUT2D eigenvalue weighted by molar-refractivity contribution is -0.116. The van der Waals surface area contributed by atoms with E-state index in [-0.39, 0.29) is 30.3 Å². The summed E-state index contributed by atoms with van der Waals surface area (Å²) in [6.45, 7) is 0. The van der Waals surface area contributed by atoms with Gasteiger partial charge in [0.15, 0.2) is 5.78 Å². The molecule has 0 bridgehead atoms. The van der Waals surface area contributed by atoms with E-state index < -0.39 is 0 Å². The third-order valence-corrected chi connectivity index (χ3v) is 3.13. The second-order valence-corrected chi connectivity index (χ2v) is 4.97. The summed E-state index contributed by atoms with van der Waals surface area (Å²) >= 11 is 5.75. The lowest BCUT2D eigenvalue weighted by atomic mass is 10.1. The third-order valence-electron chi connectivity index (χ3n) is 2.88. The van der Waals surface area contributed by atoms with Gasteiger partial charge in [0.05, 0.1) is 0 Å². The average molecular weight is 304 g/mol. The number of carbonyl (C=O) groups excluding carboxylic acids is 2. The molecular formula is C16H14ClNO3. The number of carbonyl (C=O) groups is 2. The van der Waals surface area contributed by atoms with Crippen molar-refractivity contribution in [3.05, 3.63) is 59.1 Å². The lowest BCUT2D eigenvalue weighted by Gasteiger charge is -2.05. The number of anilines is 1. The highest BCUT2D eigenvalue weighted by molar-refractivity contribution is 6.30. The number of Topliss-reactive ketones (excluding diaryl/α,β-unsaturated/α-hetero) is 1. The fourth-order valence-corrected chi connectivity index (χ4v) is 1.94. The van der Waals surface area contributed by atoms with Crippen LogP contribution in [0.15, 0.2) is 48.5 Å². The Hall–Kier alpha value is -2.33. The number of amides is 1. The van der Waals surface area contributed by atoms with Crippen molar-refractivity contribution in [2.45, 2.75) is 12.8 Å². The normalized spacial score (nSPS) is 10.1. The number of hydrogen-bond donors (Lipinski definition) is 2. The molecule has 4 nitrogen and oxygen atoms in total. The predicted octanol–water partition coefficient (Wildman–Crippen LogP) is 3.65. The second kappa shape index (κ2) is 6.90. The molecule has 1 amide bonds. The van der Waals surface area contributed by atoms with Gasteiger partial charge in [-0.25, -0.2) is 0 Å². The Bertz CT molecular complexity index is 653. The van der Waals surface area contributed by atoms with E-state index in [0.717, 1.165) is 0 Å². The molecule has 2 rings (SSSR count). The van der Waals surface area contributed by atoms with E-state index >= 15 is 0 Å². The number of benzene rings is 2. The molecule has 2 aromatic carbocycles. The van der Waals surface area contributed by atoms with Gasteiger partial charge >= 0.3 is 0 Å². The molecule has 0 spiro atoms. The number of nitrogens with one attached hydrogen (secondary N) is 1. The van der Waals surface area contributed by atoms with Crippen LogP contribution in [-0.2, 0) is 4.79 Å². The number of phenols is 1. The molecule has 2 N–H and O–H groups in total. The fourth-order valence-electron chi connectivity index (χ4n) is 1.81. The van der Waals surface area contributed by atoms with Crippen molar-refractivity contribution < 1.29 is 14.7 Å². The first-order valence-electron chi connectivity index (χ1n) is 6.42. The van der Waals surface area contributed by atoms with Gasteiger partial charge in [0, 0.05) is 35.2 Å². The lowest BCUT2D eigenvalue weighted by Crippen LogP contribution is -2.13. The predicted molar refractivity (Wildman–Crippen MR) is 81.8 cm³/mol. The van der Waals surface area contributed by atoms with Crippen molar-refractivity contribution in [1.29, 1.82) is 0 Å². The maximum Gasteiger partial charge on any atom is 0.224 e. The van der Waals surface area contributed by atoms with E-state index in [1.54, 1.807) is 36.4 Å². The summed E-state index contributed by atoms with van der Waals surface area (Å²) in [5, 5.41) is 12.5. The Balaban J connectivity index is 1.86. The monoisotopic (exact) mass is 303 g/mol. The quantitative estimate of drug-likeness (QED) is 0.829. The third kappa shape index (κ3) is 4.61. The molecule has 0 aliphatic rings. The molecule has 0 aliphatic heterocycles. The Morgan fingerprint density at radius 2 is 1.76 bits per heavy atom. The standard InChI is InChI=1S/C16H14ClNO3/c17-12-6-4-11(5-7-12)15(20)8-9-16(21)18-13-2-1-3-14(19)10-13/h1-7,10,19H,8-9H2,(H,18,21). The van der Waals surface area contributed by atoms with Crippen molar-refractivity contribution in [3.8, 4) is 5.75 Å². The molecule has 0 atom stereocenters. The Morgan fingerprint density at radius 1 is 1.05 bits per heavy atom. The number of hydrogen-bond acceptors (Lipinski definition) is 3. The van der Waals surface area contributed by atoms with Gasteiger partial charge in [-0.15, -0.1) is 0 Å². The second-order valence-electron chi connectivity index (χ2n) is 4.53. The maximum atomic E-state index is 11.9. The molecule has 0 unspecified atom stereocenters. The maximum absolute atomic E-state index is 11.9. The van der Waals surface area contributed by atoms with E-state index in [1.807, 2.05) is 0 Å². The summed E-state index contributed by atoms with van der Waals surface area (Å²) in [4.78, 5) is 23.7. The minimum absolute atomic E-state index is 0.0741. The van der Waals surface area contributed by atoms with Gasteiger partial charge in [-0.3, -0.25) is 9.59 Å². The van der Waals surface area contributed by atoms with Gasteiger partial charge in [-0.05, 0) is 36.4 Å². The van der Waals surface area contributed by atoms with Crippen LogP contribution < -0.4 is 5.32 Å². The van der Waals surface area contributed by atoms with Gasteiger partial charge in [-0.1, -0.05) is 17.7 Å². The molecule has 0 heterocycles. The first-order chi connectivity index (χ1) is 10.0. The SMILES string of the molecule is O=C(CCC(=O)c1ccc(Cl)cc1)Nc1cccc(O)c1. The molecule has 108 valence electrons. The van der Waals surface area contributed by atoms with Crippen LogP contribution in [0.1, 0.15) is 23.2 Å². The van der Waals surface area contributed by atoms with E-state index in [9.17, 15) is 14.7 Å². The number of rotatable bonds is 5. The van der Waals surface area contributed by atoms with Crippen molar-refractivity contribution in [2.24, 2.45) is 0 Å². The van der Waals surface area contributed by atoms with Crippen LogP contribution in [0.25, 0.3) is 0 Å². The van der Waals surface area contributed by atoms with Crippen molar-refractivity contribution in [3.63, 3.8) is 0 Å².